The van der Waals surface area contributed by atoms with Crippen LogP contribution in [0.3, 0.4) is 0 Å². The highest BCUT2D eigenvalue weighted by Crippen LogP contribution is 2.16. The van der Waals surface area contributed by atoms with Crippen LogP contribution < -0.4 is 10.9 Å². The van der Waals surface area contributed by atoms with Crippen LogP contribution in [0.1, 0.15) is 5.69 Å². The van der Waals surface area contributed by atoms with Crippen LogP contribution in [0.4, 0.5) is 11.6 Å². The maximum atomic E-state index is 11.4. The fourth-order valence-electron chi connectivity index (χ4n) is 1.46. The number of aromatic amines is 1. The molecule has 0 atom stereocenters. The van der Waals surface area contributed by atoms with Gasteiger partial charge in [-0.2, -0.15) is 0 Å². The molecular formula is C12H12ClN3O2. The minimum Gasteiger partial charge on any atom is -0.378 e. The Labute approximate surface area is 109 Å². The first-order valence-electron chi connectivity index (χ1n) is 5.29. The van der Waals surface area contributed by atoms with E-state index >= 15 is 0 Å². The highest BCUT2D eigenvalue weighted by molar-refractivity contribution is 6.30. The quantitative estimate of drug-likeness (QED) is 0.890. The maximum Gasteiger partial charge on any atom is 0.252 e. The number of benzene rings is 1. The van der Waals surface area contributed by atoms with E-state index in [1.807, 2.05) is 0 Å². The van der Waals surface area contributed by atoms with E-state index in [1.54, 1.807) is 31.4 Å². The van der Waals surface area contributed by atoms with E-state index < -0.39 is 0 Å². The zero-order valence-electron chi connectivity index (χ0n) is 9.74. The molecule has 0 aliphatic carbocycles. The first kappa shape index (κ1) is 12.6. The van der Waals surface area contributed by atoms with Gasteiger partial charge in [-0.3, -0.25) is 9.78 Å². The standard InChI is InChI=1S/C12H12ClN3O2/c1-18-7-10-6-11(17)16-12(15-10)14-9-4-2-8(13)3-5-9/h2-6H,7H2,1H3,(H2,14,15,16,17). The van der Waals surface area contributed by atoms with Gasteiger partial charge in [-0.25, -0.2) is 4.98 Å². The van der Waals surface area contributed by atoms with Crippen LogP contribution in [0, 0.1) is 0 Å². The topological polar surface area (TPSA) is 67.0 Å². The van der Waals surface area contributed by atoms with Gasteiger partial charge in [0.1, 0.15) is 0 Å². The average molecular weight is 266 g/mol. The van der Waals surface area contributed by atoms with Crippen molar-refractivity contribution >= 4 is 23.2 Å². The van der Waals surface area contributed by atoms with Crippen molar-refractivity contribution < 1.29 is 4.74 Å². The smallest absolute Gasteiger partial charge is 0.252 e. The Balaban J connectivity index is 2.23. The Morgan fingerprint density at radius 1 is 1.39 bits per heavy atom. The molecule has 6 heteroatoms. The molecule has 2 rings (SSSR count). The van der Waals surface area contributed by atoms with Gasteiger partial charge in [-0.1, -0.05) is 11.6 Å². The molecule has 5 nitrogen and oxygen atoms in total. The van der Waals surface area contributed by atoms with Crippen LogP contribution in [0.5, 0.6) is 0 Å². The molecule has 0 radical (unpaired) electrons. The largest absolute Gasteiger partial charge is 0.378 e. The number of methoxy groups -OCH3 is 1. The molecule has 1 aromatic heterocycles. The van der Waals surface area contributed by atoms with Gasteiger partial charge in [0.2, 0.25) is 5.95 Å². The van der Waals surface area contributed by atoms with Crippen molar-refractivity contribution in [1.82, 2.24) is 9.97 Å². The number of halogens is 1. The molecule has 0 aliphatic rings. The van der Waals surface area contributed by atoms with Crippen molar-refractivity contribution in [3.63, 3.8) is 0 Å². The third-order valence-corrected chi connectivity index (χ3v) is 2.45. The number of hydrogen-bond acceptors (Lipinski definition) is 4. The summed E-state index contributed by atoms with van der Waals surface area (Å²) in [6, 6.07) is 8.50. The molecule has 0 aliphatic heterocycles. The molecule has 1 heterocycles. The van der Waals surface area contributed by atoms with Gasteiger partial charge in [0.05, 0.1) is 12.3 Å². The van der Waals surface area contributed by atoms with E-state index in [1.165, 1.54) is 6.07 Å². The molecule has 0 saturated heterocycles. The first-order valence-corrected chi connectivity index (χ1v) is 5.67. The van der Waals surface area contributed by atoms with Crippen LogP contribution >= 0.6 is 11.6 Å². The summed E-state index contributed by atoms with van der Waals surface area (Å²) in [6.45, 7) is 0.291. The van der Waals surface area contributed by atoms with E-state index in [9.17, 15) is 4.79 Å². The number of H-pyrrole nitrogens is 1. The third-order valence-electron chi connectivity index (χ3n) is 2.19. The number of anilines is 2. The van der Waals surface area contributed by atoms with Crippen LogP contribution in [-0.2, 0) is 11.3 Å². The lowest BCUT2D eigenvalue weighted by Crippen LogP contribution is -2.12. The Hall–Kier alpha value is -1.85. The second-order valence-corrected chi connectivity index (χ2v) is 4.09. The summed E-state index contributed by atoms with van der Waals surface area (Å²) >= 11 is 5.79. The molecule has 2 aromatic rings. The lowest BCUT2D eigenvalue weighted by Gasteiger charge is -2.06. The normalized spacial score (nSPS) is 10.3. The van der Waals surface area contributed by atoms with E-state index in [0.717, 1.165) is 5.69 Å². The summed E-state index contributed by atoms with van der Waals surface area (Å²) in [7, 11) is 1.55. The van der Waals surface area contributed by atoms with Crippen molar-refractivity contribution in [2.45, 2.75) is 6.61 Å². The highest BCUT2D eigenvalue weighted by atomic mass is 35.5. The zero-order valence-corrected chi connectivity index (χ0v) is 10.5. The molecule has 0 bridgehead atoms. The summed E-state index contributed by atoms with van der Waals surface area (Å²) in [6.07, 6.45) is 0. The van der Waals surface area contributed by atoms with Crippen molar-refractivity contribution in [2.24, 2.45) is 0 Å². The summed E-state index contributed by atoms with van der Waals surface area (Å²) in [5.74, 6) is 0.372. The van der Waals surface area contributed by atoms with Gasteiger partial charge >= 0.3 is 0 Å². The van der Waals surface area contributed by atoms with Crippen molar-refractivity contribution in [1.29, 1.82) is 0 Å². The average Bonchev–Trinajstić information content (AvgIpc) is 2.32. The monoisotopic (exact) mass is 265 g/mol. The highest BCUT2D eigenvalue weighted by Gasteiger charge is 2.01. The predicted molar refractivity (Wildman–Crippen MR) is 70.3 cm³/mol. The van der Waals surface area contributed by atoms with Crippen molar-refractivity contribution in [3.05, 3.63) is 51.4 Å². The maximum absolute atomic E-state index is 11.4. The van der Waals surface area contributed by atoms with Gasteiger partial charge in [0.25, 0.3) is 5.56 Å². The van der Waals surface area contributed by atoms with E-state index in [-0.39, 0.29) is 5.56 Å². The zero-order chi connectivity index (χ0) is 13.0. The molecule has 0 fully saturated rings. The van der Waals surface area contributed by atoms with E-state index in [0.29, 0.717) is 23.3 Å². The number of nitrogens with zero attached hydrogens (tertiary/aromatic N) is 1. The van der Waals surface area contributed by atoms with Crippen LogP contribution in [0.15, 0.2) is 35.1 Å². The van der Waals surface area contributed by atoms with Crippen molar-refractivity contribution in [2.75, 3.05) is 12.4 Å². The molecule has 1 aromatic carbocycles. The van der Waals surface area contributed by atoms with Gasteiger partial charge in [0, 0.05) is 23.9 Å². The number of hydrogen-bond donors (Lipinski definition) is 2. The van der Waals surface area contributed by atoms with Crippen LogP contribution in [-0.4, -0.2) is 17.1 Å². The summed E-state index contributed by atoms with van der Waals surface area (Å²) in [4.78, 5) is 18.2. The number of nitrogens with one attached hydrogen (secondary N) is 2. The number of rotatable bonds is 4. The molecule has 0 spiro atoms. The number of aromatic nitrogens is 2. The van der Waals surface area contributed by atoms with Gasteiger partial charge in [-0.05, 0) is 24.3 Å². The first-order chi connectivity index (χ1) is 8.67. The second-order valence-electron chi connectivity index (χ2n) is 3.65. The van der Waals surface area contributed by atoms with E-state index in [4.69, 9.17) is 16.3 Å². The molecule has 0 saturated carbocycles. The second kappa shape index (κ2) is 5.66. The van der Waals surface area contributed by atoms with Crippen LogP contribution in [0.2, 0.25) is 5.02 Å². The predicted octanol–water partition coefficient (Wildman–Crippen LogP) is 2.31. The van der Waals surface area contributed by atoms with Crippen molar-refractivity contribution in [3.8, 4) is 0 Å². The van der Waals surface area contributed by atoms with E-state index in [2.05, 4.69) is 15.3 Å². The van der Waals surface area contributed by atoms with Gasteiger partial charge < -0.3 is 10.1 Å². The summed E-state index contributed by atoms with van der Waals surface area (Å²) < 4.78 is 4.94. The Kier molecular flexibility index (Phi) is 3.96. The minimum absolute atomic E-state index is 0.228. The Morgan fingerprint density at radius 3 is 2.78 bits per heavy atom. The minimum atomic E-state index is -0.228. The third kappa shape index (κ3) is 3.32. The Bertz CT molecular complexity index is 581. The molecular weight excluding hydrogens is 254 g/mol. The fourth-order valence-corrected chi connectivity index (χ4v) is 1.58. The molecule has 18 heavy (non-hydrogen) atoms. The number of ether oxygens (including phenoxy) is 1. The molecule has 94 valence electrons. The SMILES string of the molecule is COCc1cc(=O)[nH]c(Nc2ccc(Cl)cc2)n1. The molecule has 2 N–H and O–H groups in total. The molecule has 0 amide bonds. The van der Waals surface area contributed by atoms with Gasteiger partial charge in [0.15, 0.2) is 0 Å². The summed E-state index contributed by atoms with van der Waals surface area (Å²) in [5.41, 5.74) is 1.13. The lowest BCUT2D eigenvalue weighted by atomic mass is 10.3. The molecule has 0 unspecified atom stereocenters. The fraction of sp³-hybridized carbons (Fsp3) is 0.167. The lowest BCUT2D eigenvalue weighted by molar-refractivity contribution is 0.181. The Morgan fingerprint density at radius 2 is 2.11 bits per heavy atom. The van der Waals surface area contributed by atoms with Crippen LogP contribution in [0.25, 0.3) is 0 Å². The van der Waals surface area contributed by atoms with Gasteiger partial charge in [-0.15, -0.1) is 0 Å². The summed E-state index contributed by atoms with van der Waals surface area (Å²) in [5, 5.41) is 3.64.